The maximum atomic E-state index is 11.7. The van der Waals surface area contributed by atoms with E-state index in [2.05, 4.69) is 21.8 Å². The maximum Gasteiger partial charge on any atom is 0.408 e. The molecule has 1 aliphatic carbocycles. The molecule has 2 atom stereocenters. The fourth-order valence-electron chi connectivity index (χ4n) is 2.51. The van der Waals surface area contributed by atoms with Crippen molar-refractivity contribution in [3.63, 3.8) is 0 Å². The molecule has 0 radical (unpaired) electrons. The second-order valence-electron chi connectivity index (χ2n) is 7.57. The van der Waals surface area contributed by atoms with Gasteiger partial charge >= 0.3 is 6.18 Å². The van der Waals surface area contributed by atoms with Crippen molar-refractivity contribution in [2.24, 2.45) is 11.8 Å². The Kier molecular flexibility index (Phi) is 10.7. The number of hydrogen-bond acceptors (Lipinski definition) is 4. The normalized spacial score (nSPS) is 20.7. The average Bonchev–Trinajstić information content (AvgIpc) is 2.92. The third-order valence-corrected chi connectivity index (χ3v) is 3.68. The molecule has 3 rings (SSSR count). The van der Waals surface area contributed by atoms with Gasteiger partial charge in [0.25, 0.3) is 6.47 Å². The van der Waals surface area contributed by atoms with E-state index in [1.54, 1.807) is 6.92 Å². The molecule has 2 fully saturated rings. The number of fused-ring (bicyclic) bond motifs is 1. The Morgan fingerprint density at radius 2 is 1.74 bits per heavy atom. The minimum atomic E-state index is -4.18. The number of likely N-dealkylation sites (tertiary alicyclic amines) is 1. The van der Waals surface area contributed by atoms with Crippen LogP contribution in [0.2, 0.25) is 0 Å². The summed E-state index contributed by atoms with van der Waals surface area (Å²) in [5.41, 5.74) is 0.274. The highest BCUT2D eigenvalue weighted by atomic mass is 19.4. The van der Waals surface area contributed by atoms with E-state index in [0.29, 0.717) is 12.2 Å². The van der Waals surface area contributed by atoms with Crippen molar-refractivity contribution >= 4 is 6.47 Å². The van der Waals surface area contributed by atoms with E-state index in [1.807, 2.05) is 34.6 Å². The number of aromatic nitrogens is 2. The van der Waals surface area contributed by atoms with E-state index in [9.17, 15) is 18.0 Å². The van der Waals surface area contributed by atoms with E-state index >= 15 is 0 Å². The third kappa shape index (κ3) is 13.3. The van der Waals surface area contributed by atoms with Crippen LogP contribution in [0, 0.1) is 18.8 Å². The standard InChI is InChI=1S/C6H7F3N2.C6H11N.C5H10O2.C2H6/c1-5-2-3-11(10-5)4-6(7,8)9;1-7-3-5-2-6(5)4-7;1-5(2,3)7-4-6;1-2/h2-3H,4H2,1H3;5-6H,2-4H2,1H3;4H,1-3H3;1-2H3. The molecule has 2 heterocycles. The van der Waals surface area contributed by atoms with Gasteiger partial charge in [-0.15, -0.1) is 0 Å². The molecule has 1 saturated heterocycles. The Balaban J connectivity index is 0.000000371. The van der Waals surface area contributed by atoms with Gasteiger partial charge in [0.15, 0.2) is 0 Å². The number of carbonyl (C=O) groups excluding carboxylic acids is 1. The summed E-state index contributed by atoms with van der Waals surface area (Å²) < 4.78 is 40.5. The summed E-state index contributed by atoms with van der Waals surface area (Å²) >= 11 is 0. The van der Waals surface area contributed by atoms with Gasteiger partial charge in [-0.05, 0) is 59.1 Å². The van der Waals surface area contributed by atoms with Crippen molar-refractivity contribution in [2.75, 3.05) is 20.1 Å². The Hall–Kier alpha value is -1.57. The summed E-state index contributed by atoms with van der Waals surface area (Å²) in [6.07, 6.45) is -1.34. The van der Waals surface area contributed by atoms with Crippen molar-refractivity contribution in [1.29, 1.82) is 0 Å². The second-order valence-corrected chi connectivity index (χ2v) is 7.57. The molecule has 8 heteroatoms. The van der Waals surface area contributed by atoms with Crippen LogP contribution < -0.4 is 0 Å². The molecule has 2 aliphatic rings. The molecule has 0 bridgehead atoms. The lowest BCUT2D eigenvalue weighted by Gasteiger charge is -2.14. The number of alkyl halides is 3. The van der Waals surface area contributed by atoms with Gasteiger partial charge in [-0.25, -0.2) is 0 Å². The molecule has 0 spiro atoms. The first kappa shape index (κ1) is 25.4. The van der Waals surface area contributed by atoms with Crippen molar-refractivity contribution in [3.8, 4) is 0 Å². The van der Waals surface area contributed by atoms with Crippen LogP contribution in [0.4, 0.5) is 13.2 Å². The molecule has 0 N–H and O–H groups in total. The molecule has 1 aromatic rings. The fourth-order valence-corrected chi connectivity index (χ4v) is 2.51. The number of halogens is 3. The third-order valence-electron chi connectivity index (χ3n) is 3.68. The van der Waals surface area contributed by atoms with Crippen LogP contribution >= 0.6 is 0 Å². The number of ether oxygens (including phenoxy) is 1. The van der Waals surface area contributed by atoms with Crippen molar-refractivity contribution in [2.45, 2.75) is 66.3 Å². The molecule has 1 saturated carbocycles. The molecule has 1 aliphatic heterocycles. The van der Waals surface area contributed by atoms with Crippen molar-refractivity contribution in [1.82, 2.24) is 14.7 Å². The number of carbonyl (C=O) groups is 1. The van der Waals surface area contributed by atoms with Gasteiger partial charge in [0.05, 0.1) is 5.69 Å². The SMILES string of the molecule is CC.CC(C)(C)OC=O.CN1CC2CC2C1.Cc1ccn(CC(F)(F)F)n1. The smallest absolute Gasteiger partial charge is 0.408 e. The summed E-state index contributed by atoms with van der Waals surface area (Å²) in [6, 6.07) is 1.53. The Morgan fingerprint density at radius 3 is 1.96 bits per heavy atom. The predicted molar refractivity (Wildman–Crippen MR) is 100 cm³/mol. The van der Waals surface area contributed by atoms with Crippen LogP contribution in [-0.4, -0.2) is 53.1 Å². The molecule has 0 aromatic carbocycles. The van der Waals surface area contributed by atoms with Gasteiger partial charge in [-0.2, -0.15) is 18.3 Å². The number of nitrogens with zero attached hydrogens (tertiary/aromatic N) is 3. The first-order chi connectivity index (χ1) is 12.4. The average molecular weight is 393 g/mol. The molecule has 1 aromatic heterocycles. The summed E-state index contributed by atoms with van der Waals surface area (Å²) in [7, 11) is 2.21. The van der Waals surface area contributed by atoms with Gasteiger partial charge in [-0.3, -0.25) is 9.48 Å². The Bertz CT molecular complexity index is 529. The fraction of sp³-hybridized carbons (Fsp3) is 0.789. The highest BCUT2D eigenvalue weighted by molar-refractivity contribution is 5.37. The molecule has 0 amide bonds. The van der Waals surface area contributed by atoms with Crippen LogP contribution in [0.15, 0.2) is 12.3 Å². The molecule has 5 nitrogen and oxygen atoms in total. The summed E-state index contributed by atoms with van der Waals surface area (Å²) in [5, 5.41) is 3.59. The first-order valence-corrected chi connectivity index (χ1v) is 9.26. The highest BCUT2D eigenvalue weighted by Crippen LogP contribution is 2.43. The maximum absolute atomic E-state index is 11.7. The van der Waals surface area contributed by atoms with Crippen LogP contribution in [0.3, 0.4) is 0 Å². The summed E-state index contributed by atoms with van der Waals surface area (Å²) in [5.74, 6) is 2.23. The van der Waals surface area contributed by atoms with E-state index in [0.717, 1.165) is 16.5 Å². The van der Waals surface area contributed by atoms with Gasteiger partial charge in [0.1, 0.15) is 12.1 Å². The molecule has 2 unspecified atom stereocenters. The number of aryl methyl sites for hydroxylation is 1. The zero-order valence-corrected chi connectivity index (χ0v) is 17.5. The zero-order valence-electron chi connectivity index (χ0n) is 17.5. The highest BCUT2D eigenvalue weighted by Gasteiger charge is 2.43. The zero-order chi connectivity index (χ0) is 21.3. The monoisotopic (exact) mass is 393 g/mol. The van der Waals surface area contributed by atoms with Crippen molar-refractivity contribution in [3.05, 3.63) is 18.0 Å². The van der Waals surface area contributed by atoms with Gasteiger partial charge in [0, 0.05) is 19.3 Å². The molecule has 27 heavy (non-hydrogen) atoms. The predicted octanol–water partition coefficient (Wildman–Crippen LogP) is 4.31. The van der Waals surface area contributed by atoms with Gasteiger partial charge < -0.3 is 9.64 Å². The van der Waals surface area contributed by atoms with Gasteiger partial charge in [0.2, 0.25) is 0 Å². The topological polar surface area (TPSA) is 47.4 Å². The van der Waals surface area contributed by atoms with E-state index < -0.39 is 12.7 Å². The minimum Gasteiger partial charge on any atom is -0.462 e. The lowest BCUT2D eigenvalue weighted by Crippen LogP contribution is -2.17. The second kappa shape index (κ2) is 11.3. The number of piperidine rings is 1. The summed E-state index contributed by atoms with van der Waals surface area (Å²) in [4.78, 5) is 12.0. The Morgan fingerprint density at radius 1 is 1.22 bits per heavy atom. The number of rotatable bonds is 2. The van der Waals surface area contributed by atoms with Gasteiger partial charge in [-0.1, -0.05) is 13.8 Å². The van der Waals surface area contributed by atoms with E-state index in [1.165, 1.54) is 31.8 Å². The van der Waals surface area contributed by atoms with Crippen LogP contribution in [0.1, 0.15) is 46.7 Å². The molecular weight excluding hydrogens is 359 g/mol. The molecule has 158 valence electrons. The minimum absolute atomic E-state index is 0.318. The van der Waals surface area contributed by atoms with E-state index in [4.69, 9.17) is 0 Å². The lowest BCUT2D eigenvalue weighted by atomic mass is 10.2. The Labute approximate surface area is 160 Å². The quantitative estimate of drug-likeness (QED) is 0.703. The largest absolute Gasteiger partial charge is 0.462 e. The first-order valence-electron chi connectivity index (χ1n) is 9.26. The van der Waals surface area contributed by atoms with E-state index in [-0.39, 0.29) is 5.60 Å². The van der Waals surface area contributed by atoms with Crippen LogP contribution in [0.5, 0.6) is 0 Å². The summed E-state index contributed by atoms with van der Waals surface area (Å²) in [6.45, 7) is 13.3. The molecular formula is C19H34F3N3O2. The van der Waals surface area contributed by atoms with Crippen molar-refractivity contribution < 1.29 is 22.7 Å². The number of hydrogen-bond donors (Lipinski definition) is 0. The van der Waals surface area contributed by atoms with Crippen LogP contribution in [0.25, 0.3) is 0 Å². The van der Waals surface area contributed by atoms with Crippen LogP contribution in [-0.2, 0) is 16.1 Å². The lowest BCUT2D eigenvalue weighted by molar-refractivity contribution is -0.142.